The summed E-state index contributed by atoms with van der Waals surface area (Å²) in [7, 11) is 0. The molecule has 5 nitrogen and oxygen atoms in total. The van der Waals surface area contributed by atoms with E-state index in [9.17, 15) is 9.59 Å². The van der Waals surface area contributed by atoms with Crippen LogP contribution in [0, 0.1) is 11.8 Å². The second kappa shape index (κ2) is 7.07. The summed E-state index contributed by atoms with van der Waals surface area (Å²) in [4.78, 5) is 27.5. The predicted octanol–water partition coefficient (Wildman–Crippen LogP) is 0.943. The van der Waals surface area contributed by atoms with Crippen LogP contribution in [0.3, 0.4) is 0 Å². The molecule has 0 saturated carbocycles. The lowest BCUT2D eigenvalue weighted by molar-refractivity contribution is 0.305. The van der Waals surface area contributed by atoms with Crippen molar-refractivity contribution in [3.8, 4) is 11.8 Å². The molecule has 0 fully saturated rings. The largest absolute Gasteiger partial charge is 0.395 e. The lowest BCUT2D eigenvalue weighted by atomic mass is 10.2. The number of aromatic nitrogens is 2. The molecular formula is C15H16N2O3S. The zero-order chi connectivity index (χ0) is 15.2. The van der Waals surface area contributed by atoms with Crippen LogP contribution in [0.2, 0.25) is 0 Å². The van der Waals surface area contributed by atoms with Gasteiger partial charge in [-0.15, -0.1) is 11.3 Å². The van der Waals surface area contributed by atoms with E-state index in [1.807, 2.05) is 19.1 Å². The van der Waals surface area contributed by atoms with Crippen LogP contribution in [-0.4, -0.2) is 21.3 Å². The summed E-state index contributed by atoms with van der Waals surface area (Å²) in [6.45, 7) is 2.34. The average Bonchev–Trinajstić information content (AvgIpc) is 2.90. The van der Waals surface area contributed by atoms with Gasteiger partial charge in [-0.2, -0.15) is 0 Å². The van der Waals surface area contributed by atoms with E-state index in [1.165, 1.54) is 15.9 Å². The van der Waals surface area contributed by atoms with Crippen LogP contribution in [0.4, 0.5) is 0 Å². The Bertz CT molecular complexity index is 789. The molecule has 2 N–H and O–H groups in total. The van der Waals surface area contributed by atoms with E-state index in [1.54, 1.807) is 6.20 Å². The summed E-state index contributed by atoms with van der Waals surface area (Å²) in [6.07, 6.45) is 2.64. The molecule has 6 heteroatoms. The van der Waals surface area contributed by atoms with Gasteiger partial charge in [-0.1, -0.05) is 18.8 Å². The first-order valence-electron chi connectivity index (χ1n) is 6.65. The molecule has 2 rings (SSSR count). The number of aliphatic hydroxyl groups excluding tert-OH is 1. The summed E-state index contributed by atoms with van der Waals surface area (Å²) in [5.74, 6) is 5.82. The molecule has 0 saturated heterocycles. The van der Waals surface area contributed by atoms with Crippen molar-refractivity contribution in [2.75, 3.05) is 6.61 Å². The third-order valence-corrected chi connectivity index (χ3v) is 3.89. The van der Waals surface area contributed by atoms with Crippen LogP contribution in [0.15, 0.2) is 27.9 Å². The number of rotatable bonds is 4. The minimum atomic E-state index is -0.404. The van der Waals surface area contributed by atoms with E-state index in [0.29, 0.717) is 24.9 Å². The fraction of sp³-hybridized carbons (Fsp3) is 0.333. The summed E-state index contributed by atoms with van der Waals surface area (Å²) in [5.41, 5.74) is -0.131. The van der Waals surface area contributed by atoms with Crippen LogP contribution < -0.4 is 11.2 Å². The van der Waals surface area contributed by atoms with Crippen LogP contribution in [0.5, 0.6) is 0 Å². The lowest BCUT2D eigenvalue weighted by Gasteiger charge is -2.04. The normalized spacial score (nSPS) is 10.2. The molecule has 110 valence electrons. The third kappa shape index (κ3) is 3.94. The van der Waals surface area contributed by atoms with Gasteiger partial charge in [-0.3, -0.25) is 14.3 Å². The minimum Gasteiger partial charge on any atom is -0.395 e. The molecule has 0 bridgehead atoms. The Hall–Kier alpha value is -2.10. The zero-order valence-electron chi connectivity index (χ0n) is 11.7. The number of aryl methyl sites for hydroxylation is 1. The fourth-order valence-electron chi connectivity index (χ4n) is 1.83. The van der Waals surface area contributed by atoms with Crippen LogP contribution in [0.1, 0.15) is 28.7 Å². The molecular weight excluding hydrogens is 288 g/mol. The molecule has 0 spiro atoms. The SMILES string of the molecule is CCc1cn(Cc2ccc(C#CCCO)s2)c(=O)[nH]c1=O. The van der Waals surface area contributed by atoms with Crippen molar-refractivity contribution in [3.63, 3.8) is 0 Å². The smallest absolute Gasteiger partial charge is 0.328 e. The molecule has 0 aliphatic carbocycles. The van der Waals surface area contributed by atoms with Crippen LogP contribution in [0.25, 0.3) is 0 Å². The number of aliphatic hydroxyl groups is 1. The maximum atomic E-state index is 11.8. The Morgan fingerprint density at radius 1 is 1.38 bits per heavy atom. The number of thiophene rings is 1. The second-order valence-electron chi connectivity index (χ2n) is 4.44. The molecule has 0 atom stereocenters. The number of hydrogen-bond donors (Lipinski definition) is 2. The summed E-state index contributed by atoms with van der Waals surface area (Å²) >= 11 is 1.50. The first-order valence-corrected chi connectivity index (χ1v) is 7.46. The molecule has 2 heterocycles. The fourth-order valence-corrected chi connectivity index (χ4v) is 2.71. The number of nitrogens with zero attached hydrogens (tertiary/aromatic N) is 1. The maximum Gasteiger partial charge on any atom is 0.328 e. The highest BCUT2D eigenvalue weighted by atomic mass is 32.1. The van der Waals surface area contributed by atoms with Gasteiger partial charge in [-0.25, -0.2) is 4.79 Å². The van der Waals surface area contributed by atoms with Crippen molar-refractivity contribution in [3.05, 3.63) is 54.5 Å². The maximum absolute atomic E-state index is 11.8. The van der Waals surface area contributed by atoms with E-state index < -0.39 is 5.69 Å². The molecule has 0 aliphatic rings. The van der Waals surface area contributed by atoms with Crippen molar-refractivity contribution in [1.29, 1.82) is 0 Å². The molecule has 2 aromatic rings. The van der Waals surface area contributed by atoms with E-state index >= 15 is 0 Å². The van der Waals surface area contributed by atoms with Crippen molar-refractivity contribution in [1.82, 2.24) is 9.55 Å². The molecule has 0 amide bonds. The molecule has 0 aliphatic heterocycles. The van der Waals surface area contributed by atoms with E-state index in [0.717, 1.165) is 9.75 Å². The van der Waals surface area contributed by atoms with Gasteiger partial charge < -0.3 is 5.11 Å². The summed E-state index contributed by atoms with van der Waals surface area (Å²) in [6, 6.07) is 3.80. The second-order valence-corrected chi connectivity index (χ2v) is 5.60. The summed E-state index contributed by atoms with van der Waals surface area (Å²) < 4.78 is 1.50. The first kappa shape index (κ1) is 15.3. The topological polar surface area (TPSA) is 75.1 Å². The first-order chi connectivity index (χ1) is 10.1. The zero-order valence-corrected chi connectivity index (χ0v) is 12.5. The Morgan fingerprint density at radius 2 is 2.19 bits per heavy atom. The molecule has 0 aromatic carbocycles. The van der Waals surface area contributed by atoms with Crippen molar-refractivity contribution in [2.24, 2.45) is 0 Å². The monoisotopic (exact) mass is 304 g/mol. The Labute approximate surface area is 125 Å². The number of aromatic amines is 1. The van der Waals surface area contributed by atoms with Gasteiger partial charge >= 0.3 is 5.69 Å². The number of H-pyrrole nitrogens is 1. The van der Waals surface area contributed by atoms with Gasteiger partial charge in [0.25, 0.3) is 5.56 Å². The third-order valence-electron chi connectivity index (χ3n) is 2.90. The number of hydrogen-bond acceptors (Lipinski definition) is 4. The molecule has 0 unspecified atom stereocenters. The average molecular weight is 304 g/mol. The van der Waals surface area contributed by atoms with Gasteiger partial charge in [0.2, 0.25) is 0 Å². The highest BCUT2D eigenvalue weighted by Crippen LogP contribution is 2.16. The van der Waals surface area contributed by atoms with E-state index in [4.69, 9.17) is 5.11 Å². The molecule has 0 radical (unpaired) electrons. The van der Waals surface area contributed by atoms with Gasteiger partial charge in [0.1, 0.15) is 0 Å². The van der Waals surface area contributed by atoms with Crippen LogP contribution in [-0.2, 0) is 13.0 Å². The van der Waals surface area contributed by atoms with E-state index in [-0.39, 0.29) is 12.2 Å². The van der Waals surface area contributed by atoms with E-state index in [2.05, 4.69) is 16.8 Å². The highest BCUT2D eigenvalue weighted by Gasteiger charge is 2.05. The quantitative estimate of drug-likeness (QED) is 0.826. The van der Waals surface area contributed by atoms with Crippen LogP contribution >= 0.6 is 11.3 Å². The Balaban J connectivity index is 2.21. The minimum absolute atomic E-state index is 0.0534. The summed E-state index contributed by atoms with van der Waals surface area (Å²) in [5, 5.41) is 8.68. The standard InChI is InChI=1S/C15H16N2O3S/c1-2-11-9-17(15(20)16-14(11)19)10-13-7-6-12(21-13)5-3-4-8-18/h6-7,9,18H,2,4,8,10H2,1H3,(H,16,19,20). The van der Waals surface area contributed by atoms with Crippen molar-refractivity contribution >= 4 is 11.3 Å². The Kier molecular flexibility index (Phi) is 5.14. The van der Waals surface area contributed by atoms with Gasteiger partial charge in [0.05, 0.1) is 18.0 Å². The lowest BCUT2D eigenvalue weighted by Crippen LogP contribution is -2.31. The van der Waals surface area contributed by atoms with Crippen molar-refractivity contribution < 1.29 is 5.11 Å². The van der Waals surface area contributed by atoms with Gasteiger partial charge in [-0.05, 0) is 18.6 Å². The molecule has 21 heavy (non-hydrogen) atoms. The van der Waals surface area contributed by atoms with Crippen molar-refractivity contribution in [2.45, 2.75) is 26.3 Å². The predicted molar refractivity (Wildman–Crippen MR) is 82.7 cm³/mol. The van der Waals surface area contributed by atoms with Gasteiger partial charge in [0.15, 0.2) is 0 Å². The highest BCUT2D eigenvalue weighted by molar-refractivity contribution is 7.12. The Morgan fingerprint density at radius 3 is 2.90 bits per heavy atom. The molecule has 2 aromatic heterocycles. The number of nitrogens with one attached hydrogen (secondary N) is 1. The van der Waals surface area contributed by atoms with Gasteiger partial charge in [0, 0.05) is 23.1 Å².